The molecule has 0 spiro atoms. The van der Waals surface area contributed by atoms with Gasteiger partial charge >= 0.3 is 0 Å². The van der Waals surface area contributed by atoms with E-state index in [-0.39, 0.29) is 11.9 Å². The second-order valence-corrected chi connectivity index (χ2v) is 8.50. The number of nitrogens with one attached hydrogen (secondary N) is 1. The summed E-state index contributed by atoms with van der Waals surface area (Å²) in [6, 6.07) is 4.33. The van der Waals surface area contributed by atoms with Crippen LogP contribution in [0, 0.1) is 10.7 Å². The maximum Gasteiger partial charge on any atom is 0.238 e. The predicted octanol–water partition coefficient (Wildman–Crippen LogP) is 2.86. The number of hydrogen-bond donors (Lipinski definition) is 2. The van der Waals surface area contributed by atoms with Gasteiger partial charge in [0.25, 0.3) is 0 Å². The third-order valence-electron chi connectivity index (χ3n) is 3.18. The van der Waals surface area contributed by atoms with Crippen LogP contribution in [0.15, 0.2) is 12.1 Å². The second-order valence-electron chi connectivity index (χ2n) is 4.93. The number of anilines is 1. The molecule has 1 aromatic carbocycles. The van der Waals surface area contributed by atoms with Crippen LogP contribution in [0.3, 0.4) is 0 Å². The standard InChI is InChI=1S/C13H16I3N3O/c14-8-4-10(15)13(11(16)5-8)18-12(20)7-19-3-1-2-9(17)6-19/h4-5,9H,1-3,6-7,17H2,(H,18,20)/t9-/m1/s1. The number of benzene rings is 1. The fourth-order valence-corrected chi connectivity index (χ4v) is 6.13. The lowest BCUT2D eigenvalue weighted by Gasteiger charge is -2.30. The van der Waals surface area contributed by atoms with Crippen molar-refractivity contribution in [1.29, 1.82) is 0 Å². The Kier molecular flexibility index (Phi) is 6.76. The van der Waals surface area contributed by atoms with Crippen molar-refractivity contribution in [3.8, 4) is 0 Å². The van der Waals surface area contributed by atoms with Crippen LogP contribution in [0.1, 0.15) is 12.8 Å². The zero-order valence-electron chi connectivity index (χ0n) is 10.8. The lowest BCUT2D eigenvalue weighted by atomic mass is 10.1. The highest BCUT2D eigenvalue weighted by molar-refractivity contribution is 14.1. The molecule has 1 heterocycles. The topological polar surface area (TPSA) is 58.4 Å². The van der Waals surface area contributed by atoms with E-state index in [2.05, 4.69) is 90.1 Å². The molecule has 1 atom stereocenters. The highest BCUT2D eigenvalue weighted by atomic mass is 127. The van der Waals surface area contributed by atoms with E-state index in [0.717, 1.165) is 38.8 Å². The summed E-state index contributed by atoms with van der Waals surface area (Å²) in [7, 11) is 0. The van der Waals surface area contributed by atoms with E-state index in [4.69, 9.17) is 5.73 Å². The summed E-state index contributed by atoms with van der Waals surface area (Å²) in [6.07, 6.45) is 2.14. The minimum Gasteiger partial charge on any atom is -0.327 e. The number of hydrogen-bond acceptors (Lipinski definition) is 3. The van der Waals surface area contributed by atoms with Gasteiger partial charge in [-0.1, -0.05) is 0 Å². The van der Waals surface area contributed by atoms with E-state index in [9.17, 15) is 4.79 Å². The van der Waals surface area contributed by atoms with E-state index in [1.807, 2.05) is 0 Å². The molecular formula is C13H16I3N3O. The number of carbonyl (C=O) groups is 1. The maximum atomic E-state index is 12.2. The molecule has 1 amide bonds. The minimum atomic E-state index is 0.0381. The Balaban J connectivity index is 1.98. The molecule has 0 unspecified atom stereocenters. The third kappa shape index (κ3) is 4.92. The van der Waals surface area contributed by atoms with Crippen LogP contribution in [0.25, 0.3) is 0 Å². The summed E-state index contributed by atoms with van der Waals surface area (Å²) in [5, 5.41) is 3.03. The summed E-state index contributed by atoms with van der Waals surface area (Å²) < 4.78 is 3.32. The van der Waals surface area contributed by atoms with Gasteiger partial charge in [-0.15, -0.1) is 0 Å². The van der Waals surface area contributed by atoms with E-state index < -0.39 is 0 Å². The van der Waals surface area contributed by atoms with E-state index in [0.29, 0.717) is 6.54 Å². The van der Waals surface area contributed by atoms with Gasteiger partial charge in [0.05, 0.1) is 12.2 Å². The van der Waals surface area contributed by atoms with Crippen LogP contribution in [0.2, 0.25) is 0 Å². The smallest absolute Gasteiger partial charge is 0.238 e. The molecule has 2 rings (SSSR count). The first kappa shape index (κ1) is 17.2. The van der Waals surface area contributed by atoms with Crippen molar-refractivity contribution in [2.24, 2.45) is 5.73 Å². The van der Waals surface area contributed by atoms with E-state index in [1.165, 1.54) is 3.57 Å². The van der Waals surface area contributed by atoms with Crippen molar-refractivity contribution in [1.82, 2.24) is 4.90 Å². The van der Waals surface area contributed by atoms with Crippen LogP contribution in [0.4, 0.5) is 5.69 Å². The number of amides is 1. The van der Waals surface area contributed by atoms with Gasteiger partial charge in [0, 0.05) is 23.3 Å². The third-order valence-corrected chi connectivity index (χ3v) is 5.50. The van der Waals surface area contributed by atoms with Gasteiger partial charge in [0.15, 0.2) is 0 Å². The maximum absolute atomic E-state index is 12.2. The summed E-state index contributed by atoms with van der Waals surface area (Å²) in [6.45, 7) is 2.20. The van der Waals surface area contributed by atoms with Gasteiger partial charge in [-0.05, 0) is 99.3 Å². The molecule has 1 aliphatic rings. The van der Waals surface area contributed by atoms with Crippen molar-refractivity contribution in [2.75, 3.05) is 25.0 Å². The summed E-state index contributed by atoms with van der Waals surface area (Å²) in [5.74, 6) is 0.0381. The second kappa shape index (κ2) is 7.88. The van der Waals surface area contributed by atoms with Crippen LogP contribution < -0.4 is 11.1 Å². The van der Waals surface area contributed by atoms with Crippen molar-refractivity contribution in [3.05, 3.63) is 22.8 Å². The van der Waals surface area contributed by atoms with E-state index in [1.54, 1.807) is 0 Å². The van der Waals surface area contributed by atoms with Crippen molar-refractivity contribution < 1.29 is 4.79 Å². The molecule has 1 fully saturated rings. The lowest BCUT2D eigenvalue weighted by molar-refractivity contribution is -0.117. The Morgan fingerprint density at radius 1 is 1.35 bits per heavy atom. The molecule has 7 heteroatoms. The predicted molar refractivity (Wildman–Crippen MR) is 107 cm³/mol. The van der Waals surface area contributed by atoms with Crippen LogP contribution in [0.5, 0.6) is 0 Å². The minimum absolute atomic E-state index is 0.0381. The molecule has 4 nitrogen and oxygen atoms in total. The molecular weight excluding hydrogens is 595 g/mol. The first-order valence-electron chi connectivity index (χ1n) is 6.38. The molecule has 1 aromatic rings. The first-order chi connectivity index (χ1) is 9.45. The van der Waals surface area contributed by atoms with Crippen LogP contribution in [-0.4, -0.2) is 36.5 Å². The Morgan fingerprint density at radius 3 is 2.60 bits per heavy atom. The van der Waals surface area contributed by atoms with Gasteiger partial charge in [0.1, 0.15) is 0 Å². The number of halogens is 3. The number of nitrogens with zero attached hydrogens (tertiary/aromatic N) is 1. The fraction of sp³-hybridized carbons (Fsp3) is 0.462. The average molecular weight is 611 g/mol. The fourth-order valence-electron chi connectivity index (χ4n) is 2.28. The monoisotopic (exact) mass is 611 g/mol. The molecule has 110 valence electrons. The van der Waals surface area contributed by atoms with Crippen molar-refractivity contribution in [2.45, 2.75) is 18.9 Å². The van der Waals surface area contributed by atoms with Crippen LogP contribution in [-0.2, 0) is 4.79 Å². The van der Waals surface area contributed by atoms with E-state index >= 15 is 0 Å². The summed E-state index contributed by atoms with van der Waals surface area (Å²) in [5.41, 5.74) is 6.86. The summed E-state index contributed by atoms with van der Waals surface area (Å²) >= 11 is 6.81. The molecule has 0 saturated carbocycles. The lowest BCUT2D eigenvalue weighted by Crippen LogP contribution is -2.45. The quantitative estimate of drug-likeness (QED) is 0.518. The first-order valence-corrected chi connectivity index (χ1v) is 9.61. The van der Waals surface area contributed by atoms with Crippen LogP contribution >= 0.6 is 67.8 Å². The van der Waals surface area contributed by atoms with Gasteiger partial charge in [0.2, 0.25) is 5.91 Å². The molecule has 0 radical (unpaired) electrons. The van der Waals surface area contributed by atoms with Gasteiger partial charge < -0.3 is 11.1 Å². The van der Waals surface area contributed by atoms with Crippen molar-refractivity contribution >= 4 is 79.4 Å². The molecule has 0 bridgehead atoms. The molecule has 0 aromatic heterocycles. The molecule has 1 aliphatic heterocycles. The zero-order chi connectivity index (χ0) is 14.7. The Bertz CT molecular complexity index is 487. The zero-order valence-corrected chi connectivity index (χ0v) is 17.3. The SMILES string of the molecule is N[C@@H]1CCCN(CC(=O)Nc2c(I)cc(I)cc2I)C1. The highest BCUT2D eigenvalue weighted by Crippen LogP contribution is 2.27. The normalized spacial score (nSPS) is 19.9. The number of likely N-dealkylation sites (tertiary alicyclic amines) is 1. The molecule has 20 heavy (non-hydrogen) atoms. The highest BCUT2D eigenvalue weighted by Gasteiger charge is 2.19. The van der Waals surface area contributed by atoms with Crippen molar-refractivity contribution in [3.63, 3.8) is 0 Å². The molecule has 3 N–H and O–H groups in total. The van der Waals surface area contributed by atoms with Gasteiger partial charge in [-0.2, -0.15) is 0 Å². The Hall–Kier alpha value is 0.800. The Morgan fingerprint density at radius 2 is 2.00 bits per heavy atom. The largest absolute Gasteiger partial charge is 0.327 e. The number of piperidine rings is 1. The van der Waals surface area contributed by atoms with Gasteiger partial charge in [-0.25, -0.2) is 0 Å². The number of nitrogens with two attached hydrogens (primary N) is 1. The summed E-state index contributed by atoms with van der Waals surface area (Å²) in [4.78, 5) is 14.3. The molecule has 0 aliphatic carbocycles. The number of carbonyl (C=O) groups excluding carboxylic acids is 1. The number of rotatable bonds is 3. The average Bonchev–Trinajstić information content (AvgIpc) is 2.33. The van der Waals surface area contributed by atoms with Gasteiger partial charge in [-0.3, -0.25) is 9.69 Å². The Labute approximate surface area is 160 Å². The molecule has 1 saturated heterocycles.